The van der Waals surface area contributed by atoms with Crippen LogP contribution in [0.4, 0.5) is 5.69 Å². The second kappa shape index (κ2) is 7.79. The van der Waals surface area contributed by atoms with Crippen LogP contribution in [0.5, 0.6) is 0 Å². The highest BCUT2D eigenvalue weighted by Crippen LogP contribution is 2.08. The van der Waals surface area contributed by atoms with Crippen LogP contribution < -0.4 is 16.4 Å². The quantitative estimate of drug-likeness (QED) is 0.629. The molecule has 4 heteroatoms. The Morgan fingerprint density at radius 1 is 1.26 bits per heavy atom. The maximum Gasteiger partial charge on any atom is 0.239 e. The number of nitrogens with two attached hydrogens (primary N) is 1. The zero-order valence-corrected chi connectivity index (χ0v) is 11.9. The van der Waals surface area contributed by atoms with E-state index in [1.807, 2.05) is 37.3 Å². The summed E-state index contributed by atoms with van der Waals surface area (Å²) >= 11 is 0. The molecule has 0 aliphatic carbocycles. The number of benzene rings is 1. The van der Waals surface area contributed by atoms with Crippen LogP contribution in [0.25, 0.3) is 0 Å². The van der Waals surface area contributed by atoms with E-state index in [0.717, 1.165) is 25.1 Å². The van der Waals surface area contributed by atoms with Gasteiger partial charge < -0.3 is 16.4 Å². The Kier molecular flexibility index (Phi) is 6.36. The van der Waals surface area contributed by atoms with E-state index in [2.05, 4.69) is 10.6 Å². The van der Waals surface area contributed by atoms with E-state index >= 15 is 0 Å². The van der Waals surface area contributed by atoms with E-state index in [1.165, 1.54) is 0 Å². The predicted molar refractivity (Wildman–Crippen MR) is 80.1 cm³/mol. The van der Waals surface area contributed by atoms with Crippen LogP contribution in [-0.2, 0) is 4.79 Å². The van der Waals surface area contributed by atoms with Crippen molar-refractivity contribution in [1.29, 1.82) is 0 Å². The van der Waals surface area contributed by atoms with Gasteiger partial charge in [0.15, 0.2) is 0 Å². The van der Waals surface area contributed by atoms with E-state index < -0.39 is 5.54 Å². The molecule has 0 spiro atoms. The third kappa shape index (κ3) is 5.75. The van der Waals surface area contributed by atoms with E-state index in [-0.39, 0.29) is 5.91 Å². The summed E-state index contributed by atoms with van der Waals surface area (Å²) in [4.78, 5) is 11.8. The van der Waals surface area contributed by atoms with Crippen LogP contribution in [0.2, 0.25) is 0 Å². The lowest BCUT2D eigenvalue weighted by Gasteiger charge is -2.22. The number of anilines is 1. The minimum absolute atomic E-state index is 0.0611. The third-order valence-electron chi connectivity index (χ3n) is 3.03. The molecule has 19 heavy (non-hydrogen) atoms. The van der Waals surface area contributed by atoms with Crippen molar-refractivity contribution in [2.24, 2.45) is 5.73 Å². The fourth-order valence-electron chi connectivity index (χ4n) is 1.91. The Morgan fingerprint density at radius 3 is 2.58 bits per heavy atom. The van der Waals surface area contributed by atoms with Crippen molar-refractivity contribution >= 4 is 11.6 Å². The second-order valence-corrected chi connectivity index (χ2v) is 5.07. The van der Waals surface area contributed by atoms with Gasteiger partial charge in [-0.05, 0) is 31.9 Å². The molecular formula is C15H25N3O. The number of nitrogens with one attached hydrogen (secondary N) is 2. The van der Waals surface area contributed by atoms with Crippen LogP contribution in [0, 0.1) is 0 Å². The Labute approximate surface area is 115 Å². The number of para-hydroxylation sites is 1. The molecule has 1 amide bonds. The number of rotatable bonds is 8. The summed E-state index contributed by atoms with van der Waals surface area (Å²) in [6.07, 6.45) is 2.50. The van der Waals surface area contributed by atoms with Gasteiger partial charge in [-0.3, -0.25) is 4.79 Å². The smallest absolute Gasteiger partial charge is 0.239 e. The minimum Gasteiger partial charge on any atom is -0.385 e. The second-order valence-electron chi connectivity index (χ2n) is 5.07. The molecule has 1 aromatic rings. The number of carbonyl (C=O) groups is 1. The van der Waals surface area contributed by atoms with Crippen molar-refractivity contribution in [1.82, 2.24) is 5.32 Å². The van der Waals surface area contributed by atoms with E-state index in [9.17, 15) is 4.79 Å². The van der Waals surface area contributed by atoms with Gasteiger partial charge in [0, 0.05) is 18.8 Å². The van der Waals surface area contributed by atoms with E-state index in [4.69, 9.17) is 5.73 Å². The molecule has 0 fully saturated rings. The molecule has 4 nitrogen and oxygen atoms in total. The molecule has 106 valence electrons. The predicted octanol–water partition coefficient (Wildman–Crippen LogP) is 2.12. The molecule has 0 heterocycles. The summed E-state index contributed by atoms with van der Waals surface area (Å²) in [5.41, 5.74) is 6.30. The first-order valence-electron chi connectivity index (χ1n) is 6.92. The third-order valence-corrected chi connectivity index (χ3v) is 3.03. The molecule has 0 bridgehead atoms. The van der Waals surface area contributed by atoms with E-state index in [0.29, 0.717) is 13.0 Å². The molecule has 0 saturated heterocycles. The average molecular weight is 263 g/mol. The van der Waals surface area contributed by atoms with E-state index in [1.54, 1.807) is 6.92 Å². The summed E-state index contributed by atoms with van der Waals surface area (Å²) < 4.78 is 0. The van der Waals surface area contributed by atoms with Crippen LogP contribution >= 0.6 is 0 Å². The van der Waals surface area contributed by atoms with Gasteiger partial charge >= 0.3 is 0 Å². The standard InChI is InChI=1S/C15H25N3O/c1-3-10-15(2,16)14(19)18-12-7-11-17-13-8-5-4-6-9-13/h4-6,8-9,17H,3,7,10-12,16H2,1-2H3,(H,18,19). The zero-order chi connectivity index (χ0) is 14.1. The summed E-state index contributed by atoms with van der Waals surface area (Å²) in [5.74, 6) is -0.0611. The lowest BCUT2D eigenvalue weighted by atomic mass is 9.96. The Balaban J connectivity index is 2.16. The van der Waals surface area contributed by atoms with Crippen molar-refractivity contribution in [3.63, 3.8) is 0 Å². The zero-order valence-electron chi connectivity index (χ0n) is 11.9. The number of carbonyl (C=O) groups excluding carboxylic acids is 1. The SMILES string of the molecule is CCCC(C)(N)C(=O)NCCCNc1ccccc1. The Hall–Kier alpha value is -1.55. The summed E-state index contributed by atoms with van der Waals surface area (Å²) in [7, 11) is 0. The monoisotopic (exact) mass is 263 g/mol. The van der Waals surface area contributed by atoms with Crippen LogP contribution in [0.3, 0.4) is 0 Å². The highest BCUT2D eigenvalue weighted by atomic mass is 16.2. The lowest BCUT2D eigenvalue weighted by Crippen LogP contribution is -2.51. The van der Waals surface area contributed by atoms with Gasteiger partial charge in [-0.15, -0.1) is 0 Å². The molecule has 1 aromatic carbocycles. The highest BCUT2D eigenvalue weighted by Gasteiger charge is 2.26. The fourth-order valence-corrected chi connectivity index (χ4v) is 1.91. The molecule has 0 aromatic heterocycles. The van der Waals surface area contributed by atoms with Crippen molar-refractivity contribution < 1.29 is 4.79 Å². The molecule has 1 atom stereocenters. The van der Waals surface area contributed by atoms with Gasteiger partial charge in [0.05, 0.1) is 5.54 Å². The van der Waals surface area contributed by atoms with Gasteiger partial charge in [0.1, 0.15) is 0 Å². The summed E-state index contributed by atoms with van der Waals surface area (Å²) in [6.45, 7) is 5.30. The summed E-state index contributed by atoms with van der Waals surface area (Å²) in [5, 5.41) is 6.19. The van der Waals surface area contributed by atoms with Gasteiger partial charge in [-0.25, -0.2) is 0 Å². The Morgan fingerprint density at radius 2 is 1.95 bits per heavy atom. The maximum atomic E-state index is 11.8. The van der Waals surface area contributed by atoms with Gasteiger partial charge in [-0.1, -0.05) is 31.5 Å². The van der Waals surface area contributed by atoms with Crippen molar-refractivity contribution in [2.45, 2.75) is 38.6 Å². The van der Waals surface area contributed by atoms with Gasteiger partial charge in [0.2, 0.25) is 5.91 Å². The van der Waals surface area contributed by atoms with Crippen molar-refractivity contribution in [3.05, 3.63) is 30.3 Å². The van der Waals surface area contributed by atoms with Crippen molar-refractivity contribution in [3.8, 4) is 0 Å². The van der Waals surface area contributed by atoms with Crippen LogP contribution in [-0.4, -0.2) is 24.5 Å². The first kappa shape index (κ1) is 15.5. The van der Waals surface area contributed by atoms with Gasteiger partial charge in [0.25, 0.3) is 0 Å². The molecule has 1 rings (SSSR count). The normalized spacial score (nSPS) is 13.6. The number of hydrogen-bond acceptors (Lipinski definition) is 3. The fraction of sp³-hybridized carbons (Fsp3) is 0.533. The lowest BCUT2D eigenvalue weighted by molar-refractivity contribution is -0.126. The molecule has 0 aliphatic heterocycles. The molecule has 4 N–H and O–H groups in total. The number of amides is 1. The molecule has 0 radical (unpaired) electrons. The van der Waals surface area contributed by atoms with Crippen LogP contribution in [0.15, 0.2) is 30.3 Å². The highest BCUT2D eigenvalue weighted by molar-refractivity contribution is 5.85. The number of hydrogen-bond donors (Lipinski definition) is 3. The van der Waals surface area contributed by atoms with Crippen LogP contribution in [0.1, 0.15) is 33.1 Å². The molecular weight excluding hydrogens is 238 g/mol. The molecule has 0 aliphatic rings. The summed E-state index contributed by atoms with van der Waals surface area (Å²) in [6, 6.07) is 10.0. The van der Waals surface area contributed by atoms with Crippen molar-refractivity contribution in [2.75, 3.05) is 18.4 Å². The van der Waals surface area contributed by atoms with Gasteiger partial charge in [-0.2, -0.15) is 0 Å². The average Bonchev–Trinajstić information content (AvgIpc) is 2.39. The first-order valence-corrected chi connectivity index (χ1v) is 6.92. The molecule has 0 saturated carbocycles. The Bertz CT molecular complexity index is 376. The topological polar surface area (TPSA) is 67.2 Å². The first-order chi connectivity index (χ1) is 9.06. The minimum atomic E-state index is -0.748. The largest absolute Gasteiger partial charge is 0.385 e. The molecule has 1 unspecified atom stereocenters. The maximum absolute atomic E-state index is 11.8.